The first kappa shape index (κ1) is 21.6. The minimum Gasteiger partial charge on any atom is -0.497 e. The van der Waals surface area contributed by atoms with Gasteiger partial charge in [-0.1, -0.05) is 23.2 Å². The van der Waals surface area contributed by atoms with Crippen molar-refractivity contribution in [2.24, 2.45) is 4.99 Å². The van der Waals surface area contributed by atoms with Gasteiger partial charge >= 0.3 is 0 Å². The monoisotopic (exact) mass is 472 g/mol. The number of ether oxygens (including phenoxy) is 1. The van der Waals surface area contributed by atoms with Crippen LogP contribution in [0.15, 0.2) is 68.9 Å². The number of nitrogens with zero attached hydrogens (tertiary/aromatic N) is 2. The molecule has 0 saturated carbocycles. The Balaban J connectivity index is 1.59. The number of benzene rings is 2. The maximum atomic E-state index is 12.9. The molecule has 0 bridgehead atoms. The Morgan fingerprint density at radius 3 is 2.55 bits per heavy atom. The predicted octanol–water partition coefficient (Wildman–Crippen LogP) is 6.89. The molecule has 1 aromatic heterocycles. The van der Waals surface area contributed by atoms with E-state index in [0.29, 0.717) is 38.2 Å². The molecule has 8 heteroatoms. The summed E-state index contributed by atoms with van der Waals surface area (Å²) in [6.07, 6.45) is 1.73. The van der Waals surface area contributed by atoms with E-state index in [1.165, 1.54) is 11.8 Å². The lowest BCUT2D eigenvalue weighted by Crippen LogP contribution is -2.28. The van der Waals surface area contributed by atoms with Crippen molar-refractivity contribution in [2.45, 2.75) is 6.92 Å². The average molecular weight is 473 g/mol. The van der Waals surface area contributed by atoms with Crippen molar-refractivity contribution in [3.8, 4) is 17.1 Å². The first-order valence-corrected chi connectivity index (χ1v) is 11.0. The number of carbonyl (C=O) groups excluding carboxylic acids is 1. The molecule has 2 heterocycles. The molecule has 1 fully saturated rings. The quantitative estimate of drug-likeness (QED) is 0.379. The summed E-state index contributed by atoms with van der Waals surface area (Å²) in [5, 5.41) is 1.56. The van der Waals surface area contributed by atoms with Crippen LogP contribution in [-0.4, -0.2) is 29.6 Å². The molecular weight excluding hydrogens is 455 g/mol. The van der Waals surface area contributed by atoms with Gasteiger partial charge < -0.3 is 9.15 Å². The number of aliphatic imine (C=N–C) groups is 1. The molecule has 1 aliphatic heterocycles. The minimum absolute atomic E-state index is 0.104. The van der Waals surface area contributed by atoms with Crippen molar-refractivity contribution >= 4 is 57.8 Å². The van der Waals surface area contributed by atoms with Gasteiger partial charge in [-0.15, -0.1) is 0 Å². The van der Waals surface area contributed by atoms with Gasteiger partial charge in [0.05, 0.1) is 27.7 Å². The van der Waals surface area contributed by atoms with Gasteiger partial charge in [-0.3, -0.25) is 9.69 Å². The fourth-order valence-corrected chi connectivity index (χ4v) is 4.34. The van der Waals surface area contributed by atoms with Gasteiger partial charge in [-0.05, 0) is 73.3 Å². The smallest absolute Gasteiger partial charge is 0.266 e. The Kier molecular flexibility index (Phi) is 6.41. The third-order valence-electron chi connectivity index (χ3n) is 4.61. The van der Waals surface area contributed by atoms with E-state index in [4.69, 9.17) is 32.4 Å². The zero-order chi connectivity index (χ0) is 22.0. The molecule has 0 N–H and O–H groups in total. The van der Waals surface area contributed by atoms with Gasteiger partial charge in [0.25, 0.3) is 5.91 Å². The van der Waals surface area contributed by atoms with Gasteiger partial charge in [-0.25, -0.2) is 4.99 Å². The normalized spacial score (nSPS) is 16.5. The van der Waals surface area contributed by atoms with Crippen LogP contribution in [0.4, 0.5) is 5.69 Å². The van der Waals surface area contributed by atoms with E-state index < -0.39 is 0 Å². The maximum Gasteiger partial charge on any atom is 0.266 e. The number of rotatable bonds is 5. The summed E-state index contributed by atoms with van der Waals surface area (Å²) >= 11 is 13.4. The van der Waals surface area contributed by atoms with E-state index in [9.17, 15) is 4.79 Å². The van der Waals surface area contributed by atoms with Crippen molar-refractivity contribution in [3.05, 3.63) is 75.3 Å². The molecule has 2 aromatic carbocycles. The van der Waals surface area contributed by atoms with Crippen molar-refractivity contribution in [1.29, 1.82) is 0 Å². The predicted molar refractivity (Wildman–Crippen MR) is 127 cm³/mol. The van der Waals surface area contributed by atoms with Crippen LogP contribution < -0.4 is 4.74 Å². The Morgan fingerprint density at radius 1 is 1.10 bits per heavy atom. The van der Waals surface area contributed by atoms with E-state index >= 15 is 0 Å². The Hall–Kier alpha value is -2.67. The summed E-state index contributed by atoms with van der Waals surface area (Å²) in [5.74, 6) is 1.86. The van der Waals surface area contributed by atoms with Crippen molar-refractivity contribution in [1.82, 2.24) is 4.90 Å². The molecule has 0 unspecified atom stereocenters. The van der Waals surface area contributed by atoms with Crippen LogP contribution in [-0.2, 0) is 4.79 Å². The van der Waals surface area contributed by atoms with Gasteiger partial charge in [0.2, 0.25) is 0 Å². The number of amidine groups is 1. The van der Waals surface area contributed by atoms with Crippen molar-refractivity contribution in [2.75, 3.05) is 13.7 Å². The van der Waals surface area contributed by atoms with Crippen LogP contribution in [0.5, 0.6) is 5.75 Å². The van der Waals surface area contributed by atoms with E-state index in [1.807, 2.05) is 49.4 Å². The third-order valence-corrected chi connectivity index (χ3v) is 6.35. The van der Waals surface area contributed by atoms with Gasteiger partial charge in [0, 0.05) is 18.2 Å². The molecule has 0 spiro atoms. The molecule has 158 valence electrons. The molecule has 5 nitrogen and oxygen atoms in total. The first-order valence-electron chi connectivity index (χ1n) is 9.48. The molecule has 1 aliphatic rings. The SMILES string of the molecule is CCN1C(=O)/C(=C/c2ccc(-c3ccc(Cl)c(Cl)c3)o2)SC1=Nc1ccc(OC)cc1. The molecular formula is C23H18Cl2N2O3S. The van der Waals surface area contributed by atoms with Crippen LogP contribution in [0.3, 0.4) is 0 Å². The molecule has 0 atom stereocenters. The van der Waals surface area contributed by atoms with Crippen LogP contribution in [0.1, 0.15) is 12.7 Å². The minimum atomic E-state index is -0.104. The Morgan fingerprint density at radius 2 is 1.87 bits per heavy atom. The number of likely N-dealkylation sites (N-methyl/N-ethyl adjacent to an activating group) is 1. The van der Waals surface area contributed by atoms with Gasteiger partial charge in [-0.2, -0.15) is 0 Å². The highest BCUT2D eigenvalue weighted by Gasteiger charge is 2.32. The molecule has 1 saturated heterocycles. The highest BCUT2D eigenvalue weighted by Crippen LogP contribution is 2.35. The third kappa shape index (κ3) is 4.66. The van der Waals surface area contributed by atoms with Crippen molar-refractivity contribution in [3.63, 3.8) is 0 Å². The highest BCUT2D eigenvalue weighted by atomic mass is 35.5. The second-order valence-corrected chi connectivity index (χ2v) is 8.41. The number of furan rings is 1. The number of hydrogen-bond acceptors (Lipinski definition) is 5. The summed E-state index contributed by atoms with van der Waals surface area (Å²) < 4.78 is 11.1. The Bertz CT molecular complexity index is 1190. The Labute approximate surface area is 194 Å². The molecule has 31 heavy (non-hydrogen) atoms. The molecule has 0 radical (unpaired) electrons. The lowest BCUT2D eigenvalue weighted by atomic mass is 10.2. The van der Waals surface area contributed by atoms with E-state index in [0.717, 1.165) is 17.0 Å². The zero-order valence-corrected chi connectivity index (χ0v) is 19.1. The number of amides is 1. The van der Waals surface area contributed by atoms with Crippen molar-refractivity contribution < 1.29 is 13.9 Å². The average Bonchev–Trinajstić information content (AvgIpc) is 3.35. The molecule has 4 rings (SSSR count). The van der Waals surface area contributed by atoms with E-state index in [2.05, 4.69) is 4.99 Å². The number of carbonyl (C=O) groups is 1. The number of methoxy groups -OCH3 is 1. The number of thioether (sulfide) groups is 1. The molecule has 3 aromatic rings. The number of halogens is 2. The summed E-state index contributed by atoms with van der Waals surface area (Å²) in [7, 11) is 1.61. The second kappa shape index (κ2) is 9.22. The molecule has 0 aliphatic carbocycles. The highest BCUT2D eigenvalue weighted by molar-refractivity contribution is 8.18. The van der Waals surface area contributed by atoms with Gasteiger partial charge in [0.15, 0.2) is 5.17 Å². The van der Waals surface area contributed by atoms with Gasteiger partial charge in [0.1, 0.15) is 17.3 Å². The van der Waals surface area contributed by atoms with Crippen LogP contribution in [0.25, 0.3) is 17.4 Å². The fourth-order valence-electron chi connectivity index (χ4n) is 3.00. The fraction of sp³-hybridized carbons (Fsp3) is 0.130. The summed E-state index contributed by atoms with van der Waals surface area (Å²) in [6, 6.07) is 16.3. The van der Waals surface area contributed by atoms with E-state index in [1.54, 1.807) is 30.2 Å². The summed E-state index contributed by atoms with van der Waals surface area (Å²) in [6.45, 7) is 2.44. The van der Waals surface area contributed by atoms with Crippen LogP contribution in [0.2, 0.25) is 10.0 Å². The standard InChI is InChI=1S/C23H18Cl2N2O3S/c1-3-27-22(28)21(31-23(27)26-15-5-7-16(29-2)8-6-15)13-17-9-11-20(30-17)14-4-10-18(24)19(25)12-14/h4-13H,3H2,1-2H3/b21-13-,26-23?. The summed E-state index contributed by atoms with van der Waals surface area (Å²) in [5.41, 5.74) is 1.55. The zero-order valence-electron chi connectivity index (χ0n) is 16.8. The lowest BCUT2D eigenvalue weighted by Gasteiger charge is -2.12. The second-order valence-electron chi connectivity index (χ2n) is 6.58. The van der Waals surface area contributed by atoms with Crippen LogP contribution in [0, 0.1) is 0 Å². The largest absolute Gasteiger partial charge is 0.497 e. The molecule has 1 amide bonds. The first-order chi connectivity index (χ1) is 15.0. The number of hydrogen-bond donors (Lipinski definition) is 0. The summed E-state index contributed by atoms with van der Waals surface area (Å²) in [4.78, 5) is 19.7. The lowest BCUT2D eigenvalue weighted by molar-refractivity contribution is -0.122. The van der Waals surface area contributed by atoms with E-state index in [-0.39, 0.29) is 5.91 Å². The maximum absolute atomic E-state index is 12.9. The topological polar surface area (TPSA) is 55.0 Å². The van der Waals surface area contributed by atoms with Crippen LogP contribution >= 0.6 is 35.0 Å².